The molecule has 0 spiro atoms. The number of carbonyl (C=O) groups excluding carboxylic acids is 1. The molecule has 0 saturated heterocycles. The molecule has 2 aromatic carbocycles. The molecule has 1 heterocycles. The minimum Gasteiger partial charge on any atom is -0.494 e. The van der Waals surface area contributed by atoms with Crippen LogP contribution in [-0.4, -0.2) is 28.1 Å². The number of hydrogen-bond donors (Lipinski definition) is 2. The van der Waals surface area contributed by atoms with Gasteiger partial charge in [0.2, 0.25) is 5.91 Å². The Kier molecular flexibility index (Phi) is 7.03. The van der Waals surface area contributed by atoms with Crippen molar-refractivity contribution in [3.8, 4) is 5.75 Å². The van der Waals surface area contributed by atoms with E-state index in [0.717, 1.165) is 29.1 Å². The maximum Gasteiger partial charge on any atom is 0.237 e. The lowest BCUT2D eigenvalue weighted by molar-refractivity contribution is -0.122. The van der Waals surface area contributed by atoms with Crippen molar-refractivity contribution < 1.29 is 9.53 Å². The molecule has 1 atom stereocenters. The monoisotopic (exact) mass is 392 g/mol. The van der Waals surface area contributed by atoms with Crippen molar-refractivity contribution >= 4 is 5.91 Å². The lowest BCUT2D eigenvalue weighted by atomic mass is 10.1. The second kappa shape index (κ2) is 9.89. The van der Waals surface area contributed by atoms with E-state index < -0.39 is 6.04 Å². The van der Waals surface area contributed by atoms with Crippen LogP contribution in [0.1, 0.15) is 29.3 Å². The van der Waals surface area contributed by atoms with E-state index in [4.69, 9.17) is 10.5 Å². The third kappa shape index (κ3) is 5.93. The average Bonchev–Trinajstić information content (AvgIpc) is 3.14. The van der Waals surface area contributed by atoms with Gasteiger partial charge < -0.3 is 20.4 Å². The highest BCUT2D eigenvalue weighted by atomic mass is 16.5. The average molecular weight is 393 g/mol. The number of imidazole rings is 1. The summed E-state index contributed by atoms with van der Waals surface area (Å²) < 4.78 is 7.66. The Morgan fingerprint density at radius 3 is 2.79 bits per heavy atom. The summed E-state index contributed by atoms with van der Waals surface area (Å²) in [5, 5.41) is 2.91. The molecule has 1 amide bonds. The van der Waals surface area contributed by atoms with Crippen LogP contribution in [0.3, 0.4) is 0 Å². The molecule has 1 aromatic heterocycles. The van der Waals surface area contributed by atoms with Crippen molar-refractivity contribution in [1.29, 1.82) is 0 Å². The number of aryl methyl sites for hydroxylation is 1. The van der Waals surface area contributed by atoms with Gasteiger partial charge in [-0.3, -0.25) is 4.79 Å². The van der Waals surface area contributed by atoms with Crippen LogP contribution < -0.4 is 15.8 Å². The first-order valence-corrected chi connectivity index (χ1v) is 9.85. The quantitative estimate of drug-likeness (QED) is 0.587. The molecule has 6 heteroatoms. The van der Waals surface area contributed by atoms with Gasteiger partial charge >= 0.3 is 0 Å². The Morgan fingerprint density at radius 1 is 1.24 bits per heavy atom. The van der Waals surface area contributed by atoms with Gasteiger partial charge in [-0.25, -0.2) is 4.98 Å². The van der Waals surface area contributed by atoms with Crippen LogP contribution in [0.4, 0.5) is 0 Å². The maximum atomic E-state index is 12.4. The molecule has 0 unspecified atom stereocenters. The molecule has 3 N–H and O–H groups in total. The van der Waals surface area contributed by atoms with E-state index >= 15 is 0 Å². The topological polar surface area (TPSA) is 82.2 Å². The molecule has 0 saturated carbocycles. The Bertz CT molecular complexity index is 937. The molecular formula is C23H28N4O2. The largest absolute Gasteiger partial charge is 0.494 e. The second-order valence-corrected chi connectivity index (χ2v) is 7.10. The van der Waals surface area contributed by atoms with E-state index in [0.29, 0.717) is 19.6 Å². The summed E-state index contributed by atoms with van der Waals surface area (Å²) in [5.74, 6) is 0.589. The van der Waals surface area contributed by atoms with Crippen molar-refractivity contribution in [2.24, 2.45) is 5.73 Å². The summed E-state index contributed by atoms with van der Waals surface area (Å²) in [5.41, 5.74) is 10.2. The number of hydrogen-bond acceptors (Lipinski definition) is 4. The number of ether oxygens (including phenoxy) is 1. The molecule has 0 bridgehead atoms. The third-order valence-electron chi connectivity index (χ3n) is 4.64. The smallest absolute Gasteiger partial charge is 0.237 e. The summed E-state index contributed by atoms with van der Waals surface area (Å²) in [6.45, 7) is 5.65. The van der Waals surface area contributed by atoms with Crippen molar-refractivity contribution in [1.82, 2.24) is 14.9 Å². The van der Waals surface area contributed by atoms with E-state index in [-0.39, 0.29) is 5.91 Å². The minimum atomic E-state index is -0.656. The SMILES string of the molecule is CCOc1cc(C)ccc1CNC(=O)[C@@H](N)Cc1cn(Cc2ccccc2)cn1. The molecule has 0 aliphatic carbocycles. The van der Waals surface area contributed by atoms with Crippen molar-refractivity contribution in [3.63, 3.8) is 0 Å². The molecule has 6 nitrogen and oxygen atoms in total. The lowest BCUT2D eigenvalue weighted by Crippen LogP contribution is -2.41. The third-order valence-corrected chi connectivity index (χ3v) is 4.64. The normalized spacial score (nSPS) is 11.8. The Balaban J connectivity index is 1.53. The Morgan fingerprint density at radius 2 is 2.03 bits per heavy atom. The molecule has 3 rings (SSSR count). The summed E-state index contributed by atoms with van der Waals surface area (Å²) in [6.07, 6.45) is 4.10. The maximum absolute atomic E-state index is 12.4. The van der Waals surface area contributed by atoms with Gasteiger partial charge in [-0.1, -0.05) is 42.5 Å². The predicted octanol–water partition coefficient (Wildman–Crippen LogP) is 2.82. The minimum absolute atomic E-state index is 0.203. The van der Waals surface area contributed by atoms with Crippen LogP contribution in [0.5, 0.6) is 5.75 Å². The van der Waals surface area contributed by atoms with E-state index in [1.54, 1.807) is 6.33 Å². The van der Waals surface area contributed by atoms with Crippen molar-refractivity contribution in [3.05, 3.63) is 83.4 Å². The molecule has 0 fully saturated rings. The summed E-state index contributed by atoms with van der Waals surface area (Å²) in [7, 11) is 0. The highest BCUT2D eigenvalue weighted by molar-refractivity contribution is 5.81. The van der Waals surface area contributed by atoms with Crippen LogP contribution in [0, 0.1) is 6.92 Å². The van der Waals surface area contributed by atoms with E-state index in [9.17, 15) is 4.79 Å². The van der Waals surface area contributed by atoms with Crippen LogP contribution in [0.25, 0.3) is 0 Å². The van der Waals surface area contributed by atoms with E-state index in [1.165, 1.54) is 5.56 Å². The van der Waals surface area contributed by atoms with Crippen LogP contribution in [0.2, 0.25) is 0 Å². The highest BCUT2D eigenvalue weighted by Crippen LogP contribution is 2.20. The van der Waals surface area contributed by atoms with Crippen molar-refractivity contribution in [2.45, 2.75) is 39.4 Å². The number of nitrogens with zero attached hydrogens (tertiary/aromatic N) is 2. The van der Waals surface area contributed by atoms with Gasteiger partial charge in [-0.15, -0.1) is 0 Å². The zero-order valence-electron chi connectivity index (χ0n) is 17.0. The first-order valence-electron chi connectivity index (χ1n) is 9.85. The van der Waals surface area contributed by atoms with Gasteiger partial charge in [0.25, 0.3) is 0 Å². The number of amides is 1. The number of carbonyl (C=O) groups is 1. The zero-order chi connectivity index (χ0) is 20.6. The predicted molar refractivity (Wildman–Crippen MR) is 114 cm³/mol. The summed E-state index contributed by atoms with van der Waals surface area (Å²) in [4.78, 5) is 16.8. The summed E-state index contributed by atoms with van der Waals surface area (Å²) in [6, 6.07) is 15.5. The molecule has 29 heavy (non-hydrogen) atoms. The molecule has 0 aliphatic heterocycles. The standard InChI is InChI=1S/C23H28N4O2/c1-3-29-22-11-17(2)9-10-19(22)13-25-23(28)21(24)12-20-15-27(16-26-20)14-18-7-5-4-6-8-18/h4-11,15-16,21H,3,12-14,24H2,1-2H3,(H,25,28)/t21-/m0/s1. The fraction of sp³-hybridized carbons (Fsp3) is 0.304. The van der Waals surface area contributed by atoms with Gasteiger partial charge in [0.1, 0.15) is 5.75 Å². The first-order chi connectivity index (χ1) is 14.0. The van der Waals surface area contributed by atoms with Crippen molar-refractivity contribution in [2.75, 3.05) is 6.61 Å². The number of aromatic nitrogens is 2. The Hall–Kier alpha value is -3.12. The molecular weight excluding hydrogens is 364 g/mol. The fourth-order valence-electron chi connectivity index (χ4n) is 3.12. The van der Waals surface area contributed by atoms with Gasteiger partial charge in [0.05, 0.1) is 24.7 Å². The second-order valence-electron chi connectivity index (χ2n) is 7.10. The zero-order valence-corrected chi connectivity index (χ0v) is 17.0. The van der Waals surface area contributed by atoms with Gasteiger partial charge in [0, 0.05) is 31.3 Å². The molecule has 152 valence electrons. The van der Waals surface area contributed by atoms with Crippen LogP contribution >= 0.6 is 0 Å². The van der Waals surface area contributed by atoms with Crippen LogP contribution in [-0.2, 0) is 24.3 Å². The van der Waals surface area contributed by atoms with E-state index in [1.807, 2.05) is 61.0 Å². The van der Waals surface area contributed by atoms with Crippen LogP contribution in [0.15, 0.2) is 61.1 Å². The molecule has 0 aliphatic rings. The molecule has 3 aromatic rings. The van der Waals surface area contributed by atoms with E-state index in [2.05, 4.69) is 22.4 Å². The number of nitrogens with one attached hydrogen (secondary N) is 1. The highest BCUT2D eigenvalue weighted by Gasteiger charge is 2.16. The van der Waals surface area contributed by atoms with Gasteiger partial charge in [0.15, 0.2) is 0 Å². The number of rotatable bonds is 9. The Labute approximate surface area is 171 Å². The number of nitrogens with two attached hydrogens (primary N) is 1. The van der Waals surface area contributed by atoms with Gasteiger partial charge in [-0.05, 0) is 31.0 Å². The lowest BCUT2D eigenvalue weighted by Gasteiger charge is -2.14. The summed E-state index contributed by atoms with van der Waals surface area (Å²) >= 11 is 0. The first kappa shape index (κ1) is 20.6. The van der Waals surface area contributed by atoms with Gasteiger partial charge in [-0.2, -0.15) is 0 Å². The fourth-order valence-corrected chi connectivity index (χ4v) is 3.12. The number of benzene rings is 2. The molecule has 0 radical (unpaired) electrons.